The van der Waals surface area contributed by atoms with Crippen LogP contribution in [0.15, 0.2) is 42.5 Å². The standard InChI is InChI=1S/C20H19ClN2S2/c1-12-4-9-15-16(10-12)22-20(2,3)18-17(15)19(24)23(25-18)11-13-5-7-14(21)8-6-13/h4-10,22H,11H2,1-3H3. The van der Waals surface area contributed by atoms with Crippen molar-refractivity contribution < 1.29 is 0 Å². The smallest absolute Gasteiger partial charge is 0.124 e. The van der Waals surface area contributed by atoms with Gasteiger partial charge in [0, 0.05) is 21.8 Å². The second-order valence-electron chi connectivity index (χ2n) is 7.06. The molecule has 3 aromatic rings. The van der Waals surface area contributed by atoms with Crippen LogP contribution in [0.1, 0.15) is 29.9 Å². The van der Waals surface area contributed by atoms with Gasteiger partial charge in [0.2, 0.25) is 0 Å². The molecule has 0 spiro atoms. The molecule has 2 heterocycles. The first kappa shape index (κ1) is 16.8. The van der Waals surface area contributed by atoms with Gasteiger partial charge in [0.15, 0.2) is 0 Å². The minimum atomic E-state index is -0.139. The molecule has 2 aromatic carbocycles. The Bertz CT molecular complexity index is 1010. The Morgan fingerprint density at radius 3 is 2.60 bits per heavy atom. The number of nitrogens with one attached hydrogen (secondary N) is 1. The van der Waals surface area contributed by atoms with E-state index in [9.17, 15) is 0 Å². The molecule has 0 bridgehead atoms. The van der Waals surface area contributed by atoms with Crippen LogP contribution in [-0.4, -0.2) is 3.96 Å². The van der Waals surface area contributed by atoms with Gasteiger partial charge in [-0.2, -0.15) is 0 Å². The Kier molecular flexibility index (Phi) is 4.02. The molecule has 5 heteroatoms. The van der Waals surface area contributed by atoms with E-state index in [4.69, 9.17) is 23.8 Å². The number of aromatic nitrogens is 1. The summed E-state index contributed by atoms with van der Waals surface area (Å²) in [6.45, 7) is 7.32. The van der Waals surface area contributed by atoms with Crippen LogP contribution in [0.2, 0.25) is 5.02 Å². The molecule has 25 heavy (non-hydrogen) atoms. The first-order valence-corrected chi connectivity index (χ1v) is 9.79. The number of anilines is 1. The van der Waals surface area contributed by atoms with Gasteiger partial charge in [0.1, 0.15) is 4.64 Å². The van der Waals surface area contributed by atoms with Crippen LogP contribution < -0.4 is 5.32 Å². The maximum absolute atomic E-state index is 6.00. The molecule has 1 aliphatic rings. The minimum absolute atomic E-state index is 0.139. The Hall–Kier alpha value is -1.62. The number of halogens is 1. The molecule has 0 aliphatic carbocycles. The summed E-state index contributed by atoms with van der Waals surface area (Å²) in [5.74, 6) is 0. The molecular weight excluding hydrogens is 368 g/mol. The van der Waals surface area contributed by atoms with Gasteiger partial charge < -0.3 is 5.32 Å². The summed E-state index contributed by atoms with van der Waals surface area (Å²) in [5.41, 5.74) is 5.89. The van der Waals surface area contributed by atoms with Crippen molar-refractivity contribution in [2.45, 2.75) is 32.9 Å². The molecule has 0 unspecified atom stereocenters. The molecule has 0 radical (unpaired) electrons. The normalized spacial score (nSPS) is 14.6. The first-order chi connectivity index (χ1) is 11.8. The molecule has 1 aliphatic heterocycles. The number of aryl methyl sites for hydroxylation is 1. The predicted molar refractivity (Wildman–Crippen MR) is 111 cm³/mol. The predicted octanol–water partition coefficient (Wildman–Crippen LogP) is 6.62. The summed E-state index contributed by atoms with van der Waals surface area (Å²) in [4.78, 5) is 1.29. The molecule has 2 nitrogen and oxygen atoms in total. The monoisotopic (exact) mass is 386 g/mol. The van der Waals surface area contributed by atoms with Crippen molar-refractivity contribution in [3.05, 3.63) is 68.1 Å². The largest absolute Gasteiger partial charge is 0.375 e. The third-order valence-corrected chi connectivity index (χ3v) is 6.79. The second kappa shape index (κ2) is 5.97. The van der Waals surface area contributed by atoms with Gasteiger partial charge in [-0.05, 0) is 50.1 Å². The number of nitrogens with zero attached hydrogens (tertiary/aromatic N) is 1. The van der Waals surface area contributed by atoms with Crippen molar-refractivity contribution in [2.75, 3.05) is 5.32 Å². The fraction of sp³-hybridized carbons (Fsp3) is 0.250. The van der Waals surface area contributed by atoms with Crippen molar-refractivity contribution in [1.82, 2.24) is 3.96 Å². The molecule has 0 saturated carbocycles. The number of benzene rings is 2. The van der Waals surface area contributed by atoms with Crippen molar-refractivity contribution in [2.24, 2.45) is 0 Å². The number of hydrogen-bond donors (Lipinski definition) is 1. The van der Waals surface area contributed by atoms with Gasteiger partial charge in [-0.3, -0.25) is 3.96 Å². The van der Waals surface area contributed by atoms with E-state index in [1.165, 1.54) is 32.8 Å². The lowest BCUT2D eigenvalue weighted by Crippen LogP contribution is -2.30. The highest BCUT2D eigenvalue weighted by Crippen LogP contribution is 2.47. The van der Waals surface area contributed by atoms with E-state index >= 15 is 0 Å². The molecule has 4 rings (SSSR count). The van der Waals surface area contributed by atoms with Crippen molar-refractivity contribution in [3.8, 4) is 11.1 Å². The molecule has 1 aromatic heterocycles. The summed E-state index contributed by atoms with van der Waals surface area (Å²) in [6, 6.07) is 14.5. The van der Waals surface area contributed by atoms with Gasteiger partial charge in [-0.15, -0.1) is 0 Å². The second-order valence-corrected chi connectivity index (χ2v) is 8.92. The van der Waals surface area contributed by atoms with Crippen molar-refractivity contribution in [1.29, 1.82) is 0 Å². The lowest BCUT2D eigenvalue weighted by Gasteiger charge is -2.33. The van der Waals surface area contributed by atoms with Crippen LogP contribution in [0, 0.1) is 11.6 Å². The lowest BCUT2D eigenvalue weighted by molar-refractivity contribution is 0.620. The highest BCUT2D eigenvalue weighted by atomic mass is 35.5. The van der Waals surface area contributed by atoms with Gasteiger partial charge in [-0.25, -0.2) is 0 Å². The summed E-state index contributed by atoms with van der Waals surface area (Å²) in [6.07, 6.45) is 0. The van der Waals surface area contributed by atoms with Crippen LogP contribution in [0.4, 0.5) is 5.69 Å². The van der Waals surface area contributed by atoms with E-state index in [2.05, 4.69) is 60.4 Å². The quantitative estimate of drug-likeness (QED) is 0.498. The summed E-state index contributed by atoms with van der Waals surface area (Å²) >= 11 is 13.6. The average Bonchev–Trinajstić information content (AvgIpc) is 2.87. The molecular formula is C20H19ClN2S2. The van der Waals surface area contributed by atoms with Gasteiger partial charge >= 0.3 is 0 Å². The zero-order valence-corrected chi connectivity index (χ0v) is 16.8. The number of rotatable bonds is 2. The maximum Gasteiger partial charge on any atom is 0.124 e. The minimum Gasteiger partial charge on any atom is -0.375 e. The third kappa shape index (κ3) is 2.92. The molecule has 0 atom stereocenters. The van der Waals surface area contributed by atoms with Crippen LogP contribution in [0.25, 0.3) is 11.1 Å². The summed E-state index contributed by atoms with van der Waals surface area (Å²) in [5, 5.41) is 4.44. The Labute approximate surface area is 162 Å². The maximum atomic E-state index is 6.00. The third-order valence-electron chi connectivity index (χ3n) is 4.57. The zero-order chi connectivity index (χ0) is 17.8. The fourth-order valence-corrected chi connectivity index (χ4v) is 5.08. The first-order valence-electron chi connectivity index (χ1n) is 8.23. The average molecular weight is 387 g/mol. The summed E-state index contributed by atoms with van der Waals surface area (Å²) < 4.78 is 3.12. The Morgan fingerprint density at radius 2 is 1.88 bits per heavy atom. The molecule has 0 fully saturated rings. The van der Waals surface area contributed by atoms with E-state index < -0.39 is 0 Å². The molecule has 0 saturated heterocycles. The van der Waals surface area contributed by atoms with E-state index in [0.29, 0.717) is 0 Å². The van der Waals surface area contributed by atoms with E-state index in [-0.39, 0.29) is 5.54 Å². The van der Waals surface area contributed by atoms with E-state index in [1.54, 1.807) is 11.5 Å². The van der Waals surface area contributed by atoms with Gasteiger partial charge in [0.05, 0.1) is 17.0 Å². The summed E-state index contributed by atoms with van der Waals surface area (Å²) in [7, 11) is 0. The van der Waals surface area contributed by atoms with Crippen LogP contribution in [-0.2, 0) is 12.1 Å². The highest BCUT2D eigenvalue weighted by Gasteiger charge is 2.34. The fourth-order valence-electron chi connectivity index (χ4n) is 3.32. The van der Waals surface area contributed by atoms with Crippen LogP contribution in [0.3, 0.4) is 0 Å². The Balaban J connectivity index is 1.85. The van der Waals surface area contributed by atoms with Crippen LogP contribution in [0.5, 0.6) is 0 Å². The van der Waals surface area contributed by atoms with Gasteiger partial charge in [0.25, 0.3) is 0 Å². The van der Waals surface area contributed by atoms with E-state index in [1.807, 2.05) is 12.1 Å². The molecule has 1 N–H and O–H groups in total. The zero-order valence-electron chi connectivity index (χ0n) is 14.4. The number of hydrogen-bond acceptors (Lipinski definition) is 3. The topological polar surface area (TPSA) is 17.0 Å². The molecule has 128 valence electrons. The lowest BCUT2D eigenvalue weighted by atomic mass is 9.89. The SMILES string of the molecule is Cc1ccc2c(c1)NC(C)(C)c1sn(Cc3ccc(Cl)cc3)c(=S)c1-2. The van der Waals surface area contributed by atoms with Crippen LogP contribution >= 0.6 is 35.4 Å². The highest BCUT2D eigenvalue weighted by molar-refractivity contribution is 7.71. The Morgan fingerprint density at radius 1 is 1.16 bits per heavy atom. The van der Waals surface area contributed by atoms with Gasteiger partial charge in [-0.1, -0.05) is 59.6 Å². The molecule has 0 amide bonds. The number of fused-ring (bicyclic) bond motifs is 3. The van der Waals surface area contributed by atoms with Crippen molar-refractivity contribution in [3.63, 3.8) is 0 Å². The van der Waals surface area contributed by atoms with E-state index in [0.717, 1.165) is 16.2 Å². The van der Waals surface area contributed by atoms with Crippen molar-refractivity contribution >= 4 is 41.0 Å².